The molecule has 1 heterocycles. The molecule has 0 aromatic heterocycles. The highest BCUT2D eigenvalue weighted by Gasteiger charge is 2.40. The average molecular weight is 494 g/mol. The van der Waals surface area contributed by atoms with E-state index in [0.717, 1.165) is 17.7 Å². The second kappa shape index (κ2) is 9.18. The van der Waals surface area contributed by atoms with E-state index in [1.165, 1.54) is 49.5 Å². The maximum atomic E-state index is 15.1. The predicted molar refractivity (Wildman–Crippen MR) is 119 cm³/mol. The largest absolute Gasteiger partial charge is 0.493 e. The average Bonchev–Trinajstić information content (AvgIpc) is 2.82. The first-order valence-corrected chi connectivity index (χ1v) is 10.7. The molecule has 1 amide bonds. The van der Waals surface area contributed by atoms with Gasteiger partial charge in [0.25, 0.3) is 5.91 Å². The van der Waals surface area contributed by atoms with Gasteiger partial charge in [-0.1, -0.05) is 29.8 Å². The van der Waals surface area contributed by atoms with Gasteiger partial charge in [-0.2, -0.15) is 13.2 Å². The van der Waals surface area contributed by atoms with Crippen molar-refractivity contribution in [3.05, 3.63) is 93.3 Å². The number of benzene rings is 3. The Morgan fingerprint density at radius 1 is 1.03 bits per heavy atom. The molecule has 0 aliphatic carbocycles. The number of nitrogens with zero attached hydrogens (tertiary/aromatic N) is 1. The summed E-state index contributed by atoms with van der Waals surface area (Å²) in [5.74, 6) is -0.773. The Morgan fingerprint density at radius 2 is 1.71 bits per heavy atom. The highest BCUT2D eigenvalue weighted by molar-refractivity contribution is 6.31. The maximum Gasteiger partial charge on any atom is 0.417 e. The molecule has 0 fully saturated rings. The molecular formula is C25H20ClF4NO3. The van der Waals surface area contributed by atoms with Crippen LogP contribution in [0.4, 0.5) is 17.6 Å². The highest BCUT2D eigenvalue weighted by atomic mass is 35.5. The van der Waals surface area contributed by atoms with Gasteiger partial charge >= 0.3 is 6.18 Å². The van der Waals surface area contributed by atoms with Crippen LogP contribution in [0.1, 0.15) is 38.7 Å². The topological polar surface area (TPSA) is 38.8 Å². The number of hydrogen-bond acceptors (Lipinski definition) is 3. The van der Waals surface area contributed by atoms with Gasteiger partial charge in [-0.15, -0.1) is 0 Å². The van der Waals surface area contributed by atoms with E-state index >= 15 is 4.39 Å². The molecule has 0 saturated carbocycles. The van der Waals surface area contributed by atoms with E-state index in [-0.39, 0.29) is 17.1 Å². The minimum absolute atomic E-state index is 0.00447. The molecule has 4 rings (SSSR count). The van der Waals surface area contributed by atoms with Gasteiger partial charge in [0.1, 0.15) is 5.82 Å². The van der Waals surface area contributed by atoms with Crippen LogP contribution in [0.3, 0.4) is 0 Å². The van der Waals surface area contributed by atoms with Crippen LogP contribution in [-0.2, 0) is 12.6 Å². The van der Waals surface area contributed by atoms with Crippen LogP contribution in [0.5, 0.6) is 11.5 Å². The lowest BCUT2D eigenvalue weighted by Crippen LogP contribution is -2.41. The molecule has 0 N–H and O–H groups in total. The fourth-order valence-corrected chi connectivity index (χ4v) is 4.59. The van der Waals surface area contributed by atoms with Crippen molar-refractivity contribution in [2.75, 3.05) is 20.8 Å². The van der Waals surface area contributed by atoms with Crippen molar-refractivity contribution < 1.29 is 31.8 Å². The summed E-state index contributed by atoms with van der Waals surface area (Å²) >= 11 is 6.37. The molecule has 3 aromatic rings. The molecule has 3 aromatic carbocycles. The van der Waals surface area contributed by atoms with Crippen molar-refractivity contribution in [1.82, 2.24) is 4.90 Å². The normalized spacial score (nSPS) is 15.6. The summed E-state index contributed by atoms with van der Waals surface area (Å²) in [6.07, 6.45) is -4.42. The Labute approximate surface area is 198 Å². The third-order valence-electron chi connectivity index (χ3n) is 5.87. The number of amides is 1. The van der Waals surface area contributed by atoms with Crippen LogP contribution >= 0.6 is 11.6 Å². The van der Waals surface area contributed by atoms with Gasteiger partial charge in [0.2, 0.25) is 0 Å². The lowest BCUT2D eigenvalue weighted by Gasteiger charge is -2.39. The van der Waals surface area contributed by atoms with Crippen LogP contribution in [0.25, 0.3) is 0 Å². The van der Waals surface area contributed by atoms with Gasteiger partial charge in [-0.3, -0.25) is 4.79 Å². The number of ether oxygens (including phenoxy) is 2. The summed E-state index contributed by atoms with van der Waals surface area (Å²) in [4.78, 5) is 14.8. The Hall–Kier alpha value is -3.26. The molecule has 9 heteroatoms. The number of carbonyl (C=O) groups is 1. The van der Waals surface area contributed by atoms with Crippen molar-refractivity contribution in [3.63, 3.8) is 0 Å². The molecule has 178 valence electrons. The molecule has 1 aliphatic heterocycles. The third kappa shape index (κ3) is 4.18. The highest BCUT2D eigenvalue weighted by Crippen LogP contribution is 2.44. The first-order chi connectivity index (χ1) is 16.2. The summed E-state index contributed by atoms with van der Waals surface area (Å²) in [6, 6.07) is 10.9. The molecule has 0 radical (unpaired) electrons. The van der Waals surface area contributed by atoms with Crippen molar-refractivity contribution in [1.29, 1.82) is 0 Å². The Balaban J connectivity index is 1.93. The smallest absolute Gasteiger partial charge is 0.417 e. The molecule has 0 bridgehead atoms. The van der Waals surface area contributed by atoms with E-state index in [9.17, 15) is 18.0 Å². The summed E-state index contributed by atoms with van der Waals surface area (Å²) < 4.78 is 66.8. The summed E-state index contributed by atoms with van der Waals surface area (Å²) in [5.41, 5.74) is -0.341. The number of rotatable bonds is 4. The van der Waals surface area contributed by atoms with Crippen molar-refractivity contribution in [2.45, 2.75) is 18.6 Å². The monoisotopic (exact) mass is 493 g/mol. The minimum Gasteiger partial charge on any atom is -0.493 e. The standard InChI is InChI=1S/C25H20ClF4NO3/c1-33-20-12-14-10-11-31(24(32)15-6-3-4-7-17(15)25(28,29)30)23(16(14)13-21(20)34-2)22-18(26)8-5-9-19(22)27/h3-9,12-13,23H,10-11H2,1-2H3. The van der Waals surface area contributed by atoms with E-state index < -0.39 is 35.1 Å². The van der Waals surface area contributed by atoms with Gasteiger partial charge in [-0.25, -0.2) is 4.39 Å². The van der Waals surface area contributed by atoms with Gasteiger partial charge < -0.3 is 14.4 Å². The molecule has 34 heavy (non-hydrogen) atoms. The van der Waals surface area contributed by atoms with E-state index in [2.05, 4.69) is 0 Å². The first-order valence-electron chi connectivity index (χ1n) is 10.3. The molecule has 4 nitrogen and oxygen atoms in total. The SMILES string of the molecule is COc1cc2c(cc1OC)C(c1c(F)cccc1Cl)N(C(=O)c1ccccc1C(F)(F)F)CC2. The molecule has 1 atom stereocenters. The molecule has 1 unspecified atom stereocenters. The van der Waals surface area contributed by atoms with Crippen molar-refractivity contribution in [3.8, 4) is 11.5 Å². The van der Waals surface area contributed by atoms with Gasteiger partial charge in [0.15, 0.2) is 11.5 Å². The summed E-state index contributed by atoms with van der Waals surface area (Å²) in [5, 5.41) is 0.0505. The number of fused-ring (bicyclic) bond motifs is 1. The molecule has 1 aliphatic rings. The minimum atomic E-state index is -4.73. The third-order valence-corrected chi connectivity index (χ3v) is 6.20. The second-order valence-electron chi connectivity index (χ2n) is 7.74. The van der Waals surface area contributed by atoms with Crippen molar-refractivity contribution >= 4 is 17.5 Å². The Morgan fingerprint density at radius 3 is 2.35 bits per heavy atom. The zero-order valence-corrected chi connectivity index (χ0v) is 19.0. The fourth-order valence-electron chi connectivity index (χ4n) is 4.32. The zero-order valence-electron chi connectivity index (χ0n) is 18.2. The number of alkyl halides is 3. The quantitative estimate of drug-likeness (QED) is 0.400. The number of halogens is 5. The number of carbonyl (C=O) groups excluding carboxylic acids is 1. The summed E-state index contributed by atoms with van der Waals surface area (Å²) in [6.45, 7) is 0.0445. The van der Waals surface area contributed by atoms with Crippen LogP contribution in [0, 0.1) is 5.82 Å². The van der Waals surface area contributed by atoms with Crippen LogP contribution in [-0.4, -0.2) is 31.6 Å². The maximum absolute atomic E-state index is 15.1. The van der Waals surface area contributed by atoms with E-state index in [1.807, 2.05) is 0 Å². The lowest BCUT2D eigenvalue weighted by molar-refractivity contribution is -0.138. The van der Waals surface area contributed by atoms with Gasteiger partial charge in [-0.05, 0) is 53.9 Å². The van der Waals surface area contributed by atoms with Crippen LogP contribution in [0.2, 0.25) is 5.02 Å². The molecule has 0 saturated heterocycles. The van der Waals surface area contributed by atoms with Crippen LogP contribution < -0.4 is 9.47 Å². The predicted octanol–water partition coefficient (Wildman–Crippen LogP) is 6.30. The summed E-state index contributed by atoms with van der Waals surface area (Å²) in [7, 11) is 2.91. The van der Waals surface area contributed by atoms with E-state index in [1.54, 1.807) is 12.1 Å². The zero-order chi connectivity index (χ0) is 24.6. The first kappa shape index (κ1) is 23.9. The molecular weight excluding hydrogens is 474 g/mol. The Bertz CT molecular complexity index is 1230. The van der Waals surface area contributed by atoms with Crippen molar-refractivity contribution in [2.24, 2.45) is 0 Å². The fraction of sp³-hybridized carbons (Fsp3) is 0.240. The van der Waals surface area contributed by atoms with Gasteiger partial charge in [0.05, 0.1) is 31.4 Å². The Kier molecular flexibility index (Phi) is 6.45. The number of methoxy groups -OCH3 is 2. The van der Waals surface area contributed by atoms with Gasteiger partial charge in [0, 0.05) is 17.1 Å². The number of hydrogen-bond donors (Lipinski definition) is 0. The molecule has 0 spiro atoms. The van der Waals surface area contributed by atoms with E-state index in [4.69, 9.17) is 21.1 Å². The second-order valence-corrected chi connectivity index (χ2v) is 8.14. The van der Waals surface area contributed by atoms with Crippen LogP contribution in [0.15, 0.2) is 54.6 Å². The lowest BCUT2D eigenvalue weighted by atomic mass is 9.86. The van der Waals surface area contributed by atoms with E-state index in [0.29, 0.717) is 23.5 Å².